The fourth-order valence-corrected chi connectivity index (χ4v) is 3.02. The largest absolute Gasteiger partial charge is 0.378 e. The number of amides is 1. The second kappa shape index (κ2) is 6.94. The van der Waals surface area contributed by atoms with E-state index in [1.54, 1.807) is 0 Å². The Bertz CT molecular complexity index is 884. The van der Waals surface area contributed by atoms with Crippen molar-refractivity contribution in [2.75, 3.05) is 36.5 Å². The smallest absolute Gasteiger partial charge is 0.230 e. The van der Waals surface area contributed by atoms with Gasteiger partial charge in [0.05, 0.1) is 19.6 Å². The van der Waals surface area contributed by atoms with E-state index in [0.717, 1.165) is 43.1 Å². The second-order valence-corrected chi connectivity index (χ2v) is 6.00. The Morgan fingerprint density at radius 2 is 1.96 bits per heavy atom. The van der Waals surface area contributed by atoms with Crippen LogP contribution in [0.3, 0.4) is 0 Å². The molecule has 1 aliphatic heterocycles. The Kier molecular flexibility index (Phi) is 4.35. The van der Waals surface area contributed by atoms with Gasteiger partial charge in [-0.2, -0.15) is 0 Å². The maximum atomic E-state index is 12.4. The SMILES string of the molecule is O=C(Cc1noc2ccccc12)Nc1cccc(N2CCOCC2)c1. The molecule has 1 aromatic heterocycles. The van der Waals surface area contributed by atoms with Crippen LogP contribution in [0.15, 0.2) is 53.1 Å². The molecule has 6 nitrogen and oxygen atoms in total. The maximum absolute atomic E-state index is 12.4. The van der Waals surface area contributed by atoms with Gasteiger partial charge in [0.15, 0.2) is 5.58 Å². The number of hydrogen-bond acceptors (Lipinski definition) is 5. The average Bonchev–Trinajstić information content (AvgIpc) is 3.06. The number of nitrogens with one attached hydrogen (secondary N) is 1. The van der Waals surface area contributed by atoms with Crippen molar-refractivity contribution in [2.24, 2.45) is 0 Å². The molecule has 0 saturated carbocycles. The van der Waals surface area contributed by atoms with Crippen molar-refractivity contribution in [1.29, 1.82) is 0 Å². The molecule has 128 valence electrons. The van der Waals surface area contributed by atoms with E-state index in [2.05, 4.69) is 15.4 Å². The van der Waals surface area contributed by atoms with E-state index >= 15 is 0 Å². The lowest BCUT2D eigenvalue weighted by Crippen LogP contribution is -2.36. The van der Waals surface area contributed by atoms with Gasteiger partial charge in [0, 0.05) is 29.9 Å². The minimum atomic E-state index is -0.113. The number of benzene rings is 2. The van der Waals surface area contributed by atoms with Gasteiger partial charge in [-0.05, 0) is 30.3 Å². The highest BCUT2D eigenvalue weighted by molar-refractivity contribution is 5.95. The standard InChI is InChI=1S/C19H19N3O3/c23-19(13-17-16-6-1-2-7-18(16)25-21-17)20-14-4-3-5-15(12-14)22-8-10-24-11-9-22/h1-7,12H,8-11,13H2,(H,20,23). The molecule has 3 aromatic rings. The number of aromatic nitrogens is 1. The fraction of sp³-hybridized carbons (Fsp3) is 0.263. The number of carbonyl (C=O) groups is 1. The van der Waals surface area contributed by atoms with E-state index in [1.165, 1.54) is 0 Å². The number of carbonyl (C=O) groups excluding carboxylic acids is 1. The second-order valence-electron chi connectivity index (χ2n) is 6.00. The van der Waals surface area contributed by atoms with E-state index in [9.17, 15) is 4.79 Å². The van der Waals surface area contributed by atoms with Crippen LogP contribution >= 0.6 is 0 Å². The number of morpholine rings is 1. The van der Waals surface area contributed by atoms with Crippen molar-refractivity contribution in [3.8, 4) is 0 Å². The lowest BCUT2D eigenvalue weighted by molar-refractivity contribution is -0.115. The summed E-state index contributed by atoms with van der Waals surface area (Å²) in [7, 11) is 0. The predicted molar refractivity (Wildman–Crippen MR) is 95.8 cm³/mol. The van der Waals surface area contributed by atoms with Gasteiger partial charge in [-0.1, -0.05) is 23.4 Å². The van der Waals surface area contributed by atoms with Crippen LogP contribution in [0.25, 0.3) is 11.0 Å². The van der Waals surface area contributed by atoms with Crippen LogP contribution in [0.5, 0.6) is 0 Å². The van der Waals surface area contributed by atoms with Gasteiger partial charge in [-0.3, -0.25) is 4.79 Å². The fourth-order valence-electron chi connectivity index (χ4n) is 3.02. The van der Waals surface area contributed by atoms with Crippen molar-refractivity contribution >= 4 is 28.3 Å². The third kappa shape index (κ3) is 3.49. The highest BCUT2D eigenvalue weighted by Crippen LogP contribution is 2.22. The molecular weight excluding hydrogens is 318 g/mol. The van der Waals surface area contributed by atoms with Crippen molar-refractivity contribution in [3.05, 3.63) is 54.2 Å². The minimum absolute atomic E-state index is 0.113. The third-order valence-corrected chi connectivity index (χ3v) is 4.29. The number of ether oxygens (including phenoxy) is 1. The molecule has 0 atom stereocenters. The molecule has 0 bridgehead atoms. The van der Waals surface area contributed by atoms with Gasteiger partial charge in [0.2, 0.25) is 5.91 Å². The van der Waals surface area contributed by atoms with Crippen molar-refractivity contribution in [2.45, 2.75) is 6.42 Å². The molecule has 0 spiro atoms. The molecule has 4 rings (SSSR count). The van der Waals surface area contributed by atoms with Crippen LogP contribution in [0.1, 0.15) is 5.69 Å². The van der Waals surface area contributed by atoms with Crippen LogP contribution in [-0.4, -0.2) is 37.4 Å². The third-order valence-electron chi connectivity index (χ3n) is 4.29. The molecule has 2 aromatic carbocycles. The van der Waals surface area contributed by atoms with Gasteiger partial charge < -0.3 is 19.5 Å². The lowest BCUT2D eigenvalue weighted by Gasteiger charge is -2.29. The summed E-state index contributed by atoms with van der Waals surface area (Å²) in [4.78, 5) is 14.6. The minimum Gasteiger partial charge on any atom is -0.378 e. The molecule has 0 aliphatic carbocycles. The zero-order valence-electron chi connectivity index (χ0n) is 13.8. The molecule has 1 fully saturated rings. The summed E-state index contributed by atoms with van der Waals surface area (Å²) in [6.45, 7) is 3.19. The van der Waals surface area contributed by atoms with Crippen molar-refractivity contribution in [3.63, 3.8) is 0 Å². The number of rotatable bonds is 4. The molecule has 0 radical (unpaired) electrons. The number of anilines is 2. The summed E-state index contributed by atoms with van der Waals surface area (Å²) in [6, 6.07) is 15.4. The quantitative estimate of drug-likeness (QED) is 0.793. The summed E-state index contributed by atoms with van der Waals surface area (Å²) in [5, 5.41) is 7.83. The zero-order chi connectivity index (χ0) is 17.1. The van der Waals surface area contributed by atoms with Crippen molar-refractivity contribution in [1.82, 2.24) is 5.16 Å². The monoisotopic (exact) mass is 337 g/mol. The Morgan fingerprint density at radius 3 is 2.84 bits per heavy atom. The van der Waals surface area contributed by atoms with Gasteiger partial charge in [-0.15, -0.1) is 0 Å². The van der Waals surface area contributed by atoms with Crippen LogP contribution < -0.4 is 10.2 Å². The molecule has 1 N–H and O–H groups in total. The highest BCUT2D eigenvalue weighted by atomic mass is 16.5. The first-order chi connectivity index (χ1) is 12.3. The van der Waals surface area contributed by atoms with Crippen molar-refractivity contribution < 1.29 is 14.1 Å². The topological polar surface area (TPSA) is 67.6 Å². The van der Waals surface area contributed by atoms with Gasteiger partial charge in [0.1, 0.15) is 5.69 Å². The predicted octanol–water partition coefficient (Wildman–Crippen LogP) is 2.85. The molecule has 1 amide bonds. The number of nitrogens with zero attached hydrogens (tertiary/aromatic N) is 2. The molecule has 0 unspecified atom stereocenters. The summed E-state index contributed by atoms with van der Waals surface area (Å²) in [6.07, 6.45) is 0.179. The van der Waals surface area contributed by atoms with E-state index in [1.807, 2.05) is 48.5 Å². The first-order valence-electron chi connectivity index (χ1n) is 8.35. The molecule has 1 saturated heterocycles. The average molecular weight is 337 g/mol. The van der Waals surface area contributed by atoms with Crippen LogP contribution in [0.4, 0.5) is 11.4 Å². The molecule has 2 heterocycles. The van der Waals surface area contributed by atoms with E-state index in [-0.39, 0.29) is 12.3 Å². The number of fused-ring (bicyclic) bond motifs is 1. The van der Waals surface area contributed by atoms with Gasteiger partial charge >= 0.3 is 0 Å². The zero-order valence-corrected chi connectivity index (χ0v) is 13.8. The maximum Gasteiger partial charge on any atom is 0.230 e. The van der Waals surface area contributed by atoms with Gasteiger partial charge in [0.25, 0.3) is 0 Å². The summed E-state index contributed by atoms with van der Waals surface area (Å²) in [5.41, 5.74) is 3.21. The Labute approximate surface area is 145 Å². The molecule has 6 heteroatoms. The van der Waals surface area contributed by atoms with Crippen LogP contribution in [0.2, 0.25) is 0 Å². The lowest BCUT2D eigenvalue weighted by atomic mass is 10.1. The molecule has 1 aliphatic rings. The first-order valence-corrected chi connectivity index (χ1v) is 8.35. The van der Waals surface area contributed by atoms with Gasteiger partial charge in [-0.25, -0.2) is 0 Å². The Balaban J connectivity index is 1.45. The van der Waals surface area contributed by atoms with Crippen LogP contribution in [-0.2, 0) is 16.0 Å². The first kappa shape index (κ1) is 15.7. The van der Waals surface area contributed by atoms with Crippen LogP contribution in [0, 0.1) is 0 Å². The van der Waals surface area contributed by atoms with E-state index < -0.39 is 0 Å². The number of hydrogen-bond donors (Lipinski definition) is 1. The summed E-state index contributed by atoms with van der Waals surface area (Å²) >= 11 is 0. The van der Waals surface area contributed by atoms with E-state index in [0.29, 0.717) is 11.3 Å². The highest BCUT2D eigenvalue weighted by Gasteiger charge is 2.14. The number of para-hydroxylation sites is 1. The Morgan fingerprint density at radius 1 is 1.12 bits per heavy atom. The van der Waals surface area contributed by atoms with E-state index in [4.69, 9.17) is 9.26 Å². The molecular formula is C19H19N3O3. The summed E-state index contributed by atoms with van der Waals surface area (Å²) < 4.78 is 10.6. The normalized spacial score (nSPS) is 14.6. The molecule has 25 heavy (non-hydrogen) atoms. The summed E-state index contributed by atoms with van der Waals surface area (Å²) in [5.74, 6) is -0.113. The Hall–Kier alpha value is -2.86.